The fourth-order valence-electron chi connectivity index (χ4n) is 4.76. The van der Waals surface area contributed by atoms with Gasteiger partial charge in [0, 0.05) is 16.5 Å². The second kappa shape index (κ2) is 6.08. The first-order valence-corrected chi connectivity index (χ1v) is 9.10. The van der Waals surface area contributed by atoms with Crippen LogP contribution in [0.2, 0.25) is 0 Å². The molecule has 5 nitrogen and oxygen atoms in total. The van der Waals surface area contributed by atoms with Crippen LogP contribution in [0.5, 0.6) is 0 Å². The summed E-state index contributed by atoms with van der Waals surface area (Å²) in [6, 6.07) is 9.58. The van der Waals surface area contributed by atoms with Crippen molar-refractivity contribution in [3.63, 3.8) is 0 Å². The second-order valence-corrected chi connectivity index (χ2v) is 7.65. The first-order valence-electron chi connectivity index (χ1n) is 9.10. The molecule has 0 amide bonds. The van der Waals surface area contributed by atoms with Crippen LogP contribution >= 0.6 is 0 Å². The number of aromatic nitrogens is 1. The van der Waals surface area contributed by atoms with E-state index in [4.69, 9.17) is 14.5 Å². The summed E-state index contributed by atoms with van der Waals surface area (Å²) in [6.07, 6.45) is 5.55. The number of nitrogens with zero attached hydrogens (tertiary/aromatic N) is 1. The summed E-state index contributed by atoms with van der Waals surface area (Å²) in [5, 5.41) is 0.934. The average Bonchev–Trinajstić information content (AvgIpc) is 2.73. The molecule has 0 spiro atoms. The number of fused-ring (bicyclic) bond motifs is 4. The highest BCUT2D eigenvalue weighted by Crippen LogP contribution is 2.57. The van der Waals surface area contributed by atoms with E-state index in [1.54, 1.807) is 6.07 Å². The largest absolute Gasteiger partial charge is 0.469 e. The van der Waals surface area contributed by atoms with E-state index in [0.29, 0.717) is 5.56 Å². The summed E-state index contributed by atoms with van der Waals surface area (Å²) in [5.41, 5.74) is 2.31. The molecular weight excluding hydrogens is 330 g/mol. The zero-order valence-electron chi connectivity index (χ0n) is 15.2. The standard InChI is InChI=1S/C21H23NO4/c1-25-18(23)15-3-5-16-14(13-15)4-6-17(22-16)20-7-10-21(11-8-20,12-9-20)19(24)26-2/h3-6,13H,7-12H2,1-2H3. The van der Waals surface area contributed by atoms with Crippen LogP contribution in [0, 0.1) is 5.41 Å². The lowest BCUT2D eigenvalue weighted by Gasteiger charge is -2.51. The van der Waals surface area contributed by atoms with Gasteiger partial charge in [0.2, 0.25) is 0 Å². The highest BCUT2D eigenvalue weighted by atomic mass is 16.5. The molecule has 3 fully saturated rings. The molecular formula is C21H23NO4. The maximum atomic E-state index is 12.2. The van der Waals surface area contributed by atoms with Gasteiger partial charge in [0.1, 0.15) is 0 Å². The Labute approximate surface area is 152 Å². The second-order valence-electron chi connectivity index (χ2n) is 7.65. The van der Waals surface area contributed by atoms with Gasteiger partial charge in [-0.2, -0.15) is 0 Å². The van der Waals surface area contributed by atoms with Crippen molar-refractivity contribution in [2.75, 3.05) is 14.2 Å². The van der Waals surface area contributed by atoms with E-state index >= 15 is 0 Å². The van der Waals surface area contributed by atoms with Crippen LogP contribution < -0.4 is 0 Å². The highest BCUT2D eigenvalue weighted by molar-refractivity contribution is 5.94. The molecule has 0 unspecified atom stereocenters. The lowest BCUT2D eigenvalue weighted by molar-refractivity contribution is -0.160. The number of hydrogen-bond acceptors (Lipinski definition) is 5. The SMILES string of the molecule is COC(=O)c1ccc2nc(C34CCC(C(=O)OC)(CC3)CC4)ccc2c1. The van der Waals surface area contributed by atoms with Gasteiger partial charge < -0.3 is 9.47 Å². The van der Waals surface area contributed by atoms with Crippen LogP contribution in [0.1, 0.15) is 54.6 Å². The smallest absolute Gasteiger partial charge is 0.337 e. The van der Waals surface area contributed by atoms with Gasteiger partial charge in [0.15, 0.2) is 0 Å². The Balaban J connectivity index is 1.64. The van der Waals surface area contributed by atoms with Crippen molar-refractivity contribution in [2.45, 2.75) is 43.9 Å². The Morgan fingerprint density at radius 3 is 2.23 bits per heavy atom. The average molecular weight is 353 g/mol. The Hall–Kier alpha value is -2.43. The molecule has 5 heteroatoms. The third-order valence-electron chi connectivity index (χ3n) is 6.52. The molecule has 0 N–H and O–H groups in total. The molecule has 2 aromatic rings. The molecule has 3 aliphatic rings. The lowest BCUT2D eigenvalue weighted by Crippen LogP contribution is -2.48. The van der Waals surface area contributed by atoms with Crippen molar-refractivity contribution in [3.8, 4) is 0 Å². The minimum Gasteiger partial charge on any atom is -0.469 e. The molecule has 0 saturated heterocycles. The number of hydrogen-bond donors (Lipinski definition) is 0. The van der Waals surface area contributed by atoms with Crippen LogP contribution in [-0.4, -0.2) is 31.1 Å². The number of pyridine rings is 1. The molecule has 3 aliphatic carbocycles. The first kappa shape index (κ1) is 17.0. The normalized spacial score (nSPS) is 27.3. The molecule has 0 aliphatic heterocycles. The molecule has 136 valence electrons. The molecule has 26 heavy (non-hydrogen) atoms. The molecule has 2 bridgehead atoms. The third kappa shape index (κ3) is 2.49. The highest BCUT2D eigenvalue weighted by Gasteiger charge is 2.54. The molecule has 1 aromatic heterocycles. The van der Waals surface area contributed by atoms with Crippen LogP contribution in [0.3, 0.4) is 0 Å². The van der Waals surface area contributed by atoms with Crippen LogP contribution in [0.15, 0.2) is 30.3 Å². The van der Waals surface area contributed by atoms with Gasteiger partial charge in [0.05, 0.1) is 30.7 Å². The van der Waals surface area contributed by atoms with E-state index in [-0.39, 0.29) is 22.8 Å². The molecule has 0 radical (unpaired) electrons. The quantitative estimate of drug-likeness (QED) is 0.786. The number of benzene rings is 1. The van der Waals surface area contributed by atoms with E-state index in [0.717, 1.165) is 55.1 Å². The molecule has 1 heterocycles. The number of ether oxygens (including phenoxy) is 2. The van der Waals surface area contributed by atoms with Gasteiger partial charge in [-0.3, -0.25) is 9.78 Å². The van der Waals surface area contributed by atoms with Gasteiger partial charge in [-0.25, -0.2) is 4.79 Å². The van der Waals surface area contributed by atoms with Crippen molar-refractivity contribution >= 4 is 22.8 Å². The van der Waals surface area contributed by atoms with E-state index < -0.39 is 0 Å². The Kier molecular flexibility index (Phi) is 3.98. The predicted molar refractivity (Wildman–Crippen MR) is 96.9 cm³/mol. The topological polar surface area (TPSA) is 65.5 Å². The molecule has 0 atom stereocenters. The Morgan fingerprint density at radius 1 is 0.923 bits per heavy atom. The van der Waals surface area contributed by atoms with Crippen LogP contribution in [0.4, 0.5) is 0 Å². The summed E-state index contributed by atoms with van der Waals surface area (Å²) in [6.45, 7) is 0. The third-order valence-corrected chi connectivity index (χ3v) is 6.52. The van der Waals surface area contributed by atoms with E-state index in [1.807, 2.05) is 18.2 Å². The monoisotopic (exact) mass is 353 g/mol. The van der Waals surface area contributed by atoms with Crippen molar-refractivity contribution in [2.24, 2.45) is 5.41 Å². The fraction of sp³-hybridized carbons (Fsp3) is 0.476. The molecule has 5 rings (SSSR count). The lowest BCUT2D eigenvalue weighted by atomic mass is 9.52. The Bertz CT molecular complexity index is 864. The van der Waals surface area contributed by atoms with Crippen LogP contribution in [0.25, 0.3) is 10.9 Å². The van der Waals surface area contributed by atoms with Crippen molar-refractivity contribution < 1.29 is 19.1 Å². The molecule has 3 saturated carbocycles. The van der Waals surface area contributed by atoms with Gasteiger partial charge in [0.25, 0.3) is 0 Å². The number of methoxy groups -OCH3 is 2. The van der Waals surface area contributed by atoms with Gasteiger partial charge in [-0.15, -0.1) is 0 Å². The first-order chi connectivity index (χ1) is 12.5. The molecule has 1 aromatic carbocycles. The maximum Gasteiger partial charge on any atom is 0.337 e. The van der Waals surface area contributed by atoms with Gasteiger partial charge >= 0.3 is 11.9 Å². The predicted octanol–water partition coefficient (Wildman–Crippen LogP) is 3.79. The summed E-state index contributed by atoms with van der Waals surface area (Å²) < 4.78 is 9.84. The zero-order valence-corrected chi connectivity index (χ0v) is 15.2. The van der Waals surface area contributed by atoms with Gasteiger partial charge in [-0.1, -0.05) is 6.07 Å². The van der Waals surface area contributed by atoms with E-state index in [1.165, 1.54) is 14.2 Å². The van der Waals surface area contributed by atoms with Crippen LogP contribution in [-0.2, 0) is 19.7 Å². The number of carbonyl (C=O) groups is 2. The number of carbonyl (C=O) groups excluding carboxylic acids is 2. The van der Waals surface area contributed by atoms with E-state index in [9.17, 15) is 9.59 Å². The minimum atomic E-state index is -0.340. The van der Waals surface area contributed by atoms with Crippen molar-refractivity contribution in [1.29, 1.82) is 0 Å². The number of esters is 2. The van der Waals surface area contributed by atoms with E-state index in [2.05, 4.69) is 6.07 Å². The summed E-state index contributed by atoms with van der Waals surface area (Å²) >= 11 is 0. The number of rotatable bonds is 3. The van der Waals surface area contributed by atoms with Crippen molar-refractivity contribution in [3.05, 3.63) is 41.6 Å². The summed E-state index contributed by atoms with van der Waals surface area (Å²) in [4.78, 5) is 28.8. The minimum absolute atomic E-state index is 0.0485. The maximum absolute atomic E-state index is 12.2. The van der Waals surface area contributed by atoms with Crippen molar-refractivity contribution in [1.82, 2.24) is 4.98 Å². The fourth-order valence-corrected chi connectivity index (χ4v) is 4.76. The summed E-state index contributed by atoms with van der Waals surface area (Å²) in [7, 11) is 2.87. The van der Waals surface area contributed by atoms with Gasteiger partial charge in [-0.05, 0) is 62.8 Å². The zero-order chi connectivity index (χ0) is 18.4. The summed E-state index contributed by atoms with van der Waals surface area (Å²) in [5.74, 6) is -0.388. The Morgan fingerprint density at radius 2 is 1.62 bits per heavy atom.